The van der Waals surface area contributed by atoms with Crippen LogP contribution in [0, 0.1) is 5.92 Å². The van der Waals surface area contributed by atoms with E-state index in [1.165, 1.54) is 0 Å². The zero-order valence-electron chi connectivity index (χ0n) is 14.0. The van der Waals surface area contributed by atoms with Crippen molar-refractivity contribution < 1.29 is 9.59 Å². The average molecular weight is 302 g/mol. The predicted molar refractivity (Wildman–Crippen MR) is 88.7 cm³/mol. The second-order valence-electron chi connectivity index (χ2n) is 7.09. The van der Waals surface area contributed by atoms with Gasteiger partial charge in [-0.1, -0.05) is 39.0 Å². The first-order valence-electron chi connectivity index (χ1n) is 7.95. The first kappa shape index (κ1) is 16.5. The number of anilines is 1. The zero-order valence-corrected chi connectivity index (χ0v) is 14.0. The molecule has 0 spiro atoms. The number of para-hydroxylation sites is 1. The lowest BCUT2D eigenvalue weighted by atomic mass is 9.85. The van der Waals surface area contributed by atoms with E-state index in [9.17, 15) is 9.59 Å². The number of hydrogen-bond donors (Lipinski definition) is 1. The fourth-order valence-electron chi connectivity index (χ4n) is 2.96. The number of hydrogen-bond acceptors (Lipinski definition) is 2. The van der Waals surface area contributed by atoms with E-state index in [1.807, 2.05) is 18.2 Å². The number of rotatable bonds is 2. The molecule has 0 aliphatic carbocycles. The van der Waals surface area contributed by atoms with Crippen molar-refractivity contribution in [2.45, 2.75) is 46.0 Å². The molecule has 1 unspecified atom stereocenters. The minimum atomic E-state index is -0.120. The van der Waals surface area contributed by atoms with Crippen LogP contribution in [0.3, 0.4) is 0 Å². The molecule has 0 bridgehead atoms. The van der Waals surface area contributed by atoms with Crippen molar-refractivity contribution in [1.29, 1.82) is 0 Å². The Labute approximate surface area is 132 Å². The van der Waals surface area contributed by atoms with E-state index >= 15 is 0 Å². The maximum absolute atomic E-state index is 12.6. The Morgan fingerprint density at radius 1 is 1.23 bits per heavy atom. The number of nitrogens with zero attached hydrogens (tertiary/aromatic N) is 1. The summed E-state index contributed by atoms with van der Waals surface area (Å²) in [6, 6.07) is 7.93. The molecule has 1 aliphatic rings. The number of carbonyl (C=O) groups is 2. The Hall–Kier alpha value is -1.84. The minimum absolute atomic E-state index is 0.0163. The molecule has 1 fully saturated rings. The highest BCUT2D eigenvalue weighted by Crippen LogP contribution is 2.30. The van der Waals surface area contributed by atoms with Crippen LogP contribution < -0.4 is 5.32 Å². The van der Waals surface area contributed by atoms with Crippen LogP contribution in [-0.2, 0) is 15.0 Å². The van der Waals surface area contributed by atoms with Gasteiger partial charge in [0, 0.05) is 25.7 Å². The number of benzene rings is 1. The molecule has 2 amide bonds. The van der Waals surface area contributed by atoms with Gasteiger partial charge in [0.05, 0.1) is 5.92 Å². The smallest absolute Gasteiger partial charge is 0.229 e. The van der Waals surface area contributed by atoms with Crippen molar-refractivity contribution in [3.05, 3.63) is 29.8 Å². The van der Waals surface area contributed by atoms with E-state index in [0.717, 1.165) is 30.6 Å². The summed E-state index contributed by atoms with van der Waals surface area (Å²) in [7, 11) is 0. The van der Waals surface area contributed by atoms with E-state index in [1.54, 1.807) is 11.8 Å². The molecule has 1 atom stereocenters. The van der Waals surface area contributed by atoms with Crippen LogP contribution in [0.2, 0.25) is 0 Å². The van der Waals surface area contributed by atoms with Gasteiger partial charge in [0.15, 0.2) is 0 Å². The summed E-state index contributed by atoms with van der Waals surface area (Å²) in [6.45, 7) is 9.26. The molecule has 1 aromatic rings. The van der Waals surface area contributed by atoms with Gasteiger partial charge in [0.25, 0.3) is 0 Å². The maximum atomic E-state index is 12.6. The molecule has 0 radical (unpaired) electrons. The Balaban J connectivity index is 2.11. The van der Waals surface area contributed by atoms with E-state index in [0.29, 0.717) is 6.54 Å². The predicted octanol–water partition coefficient (Wildman–Crippen LogP) is 3.18. The first-order chi connectivity index (χ1) is 10.3. The molecule has 2 rings (SSSR count). The molecule has 1 heterocycles. The highest BCUT2D eigenvalue weighted by atomic mass is 16.2. The third-order valence-corrected chi connectivity index (χ3v) is 4.23. The van der Waals surface area contributed by atoms with Crippen molar-refractivity contribution >= 4 is 17.5 Å². The van der Waals surface area contributed by atoms with Crippen LogP contribution in [0.1, 0.15) is 46.1 Å². The second kappa shape index (κ2) is 6.51. The number of likely N-dealkylation sites (tertiary alicyclic amines) is 1. The highest BCUT2D eigenvalue weighted by Gasteiger charge is 2.28. The lowest BCUT2D eigenvalue weighted by molar-refractivity contribution is -0.132. The SMILES string of the molecule is CC(=O)N1CCCC(C(=O)Nc2ccccc2C(C)(C)C)C1. The quantitative estimate of drug-likeness (QED) is 0.912. The minimum Gasteiger partial charge on any atom is -0.342 e. The Kier molecular flexibility index (Phi) is 4.89. The number of nitrogens with one attached hydrogen (secondary N) is 1. The second-order valence-corrected chi connectivity index (χ2v) is 7.09. The van der Waals surface area contributed by atoms with Crippen LogP contribution in [0.4, 0.5) is 5.69 Å². The molecule has 0 saturated carbocycles. The highest BCUT2D eigenvalue weighted by molar-refractivity contribution is 5.94. The number of piperidine rings is 1. The Morgan fingerprint density at radius 3 is 2.55 bits per heavy atom. The van der Waals surface area contributed by atoms with Gasteiger partial charge in [-0.05, 0) is 29.9 Å². The summed E-state index contributed by atoms with van der Waals surface area (Å²) in [6.07, 6.45) is 1.73. The zero-order chi connectivity index (χ0) is 16.3. The summed E-state index contributed by atoms with van der Waals surface area (Å²) in [4.78, 5) is 25.8. The lowest BCUT2D eigenvalue weighted by Gasteiger charge is -2.31. The molecule has 1 saturated heterocycles. The van der Waals surface area contributed by atoms with Crippen molar-refractivity contribution in [3.63, 3.8) is 0 Å². The molecule has 22 heavy (non-hydrogen) atoms. The topological polar surface area (TPSA) is 49.4 Å². The van der Waals surface area contributed by atoms with E-state index in [4.69, 9.17) is 0 Å². The van der Waals surface area contributed by atoms with Crippen LogP contribution in [0.15, 0.2) is 24.3 Å². The molecular weight excluding hydrogens is 276 g/mol. The molecule has 1 N–H and O–H groups in total. The summed E-state index contributed by atoms with van der Waals surface area (Å²) in [5.74, 6) is -0.0547. The van der Waals surface area contributed by atoms with E-state index in [-0.39, 0.29) is 23.1 Å². The average Bonchev–Trinajstić information content (AvgIpc) is 2.46. The van der Waals surface area contributed by atoms with Gasteiger partial charge in [0.2, 0.25) is 11.8 Å². The van der Waals surface area contributed by atoms with Crippen molar-refractivity contribution in [2.75, 3.05) is 18.4 Å². The van der Waals surface area contributed by atoms with Crippen molar-refractivity contribution in [3.8, 4) is 0 Å². The normalized spacial score (nSPS) is 18.9. The summed E-state index contributed by atoms with van der Waals surface area (Å²) >= 11 is 0. The van der Waals surface area contributed by atoms with Gasteiger partial charge in [-0.15, -0.1) is 0 Å². The summed E-state index contributed by atoms with van der Waals surface area (Å²) < 4.78 is 0. The van der Waals surface area contributed by atoms with Crippen LogP contribution in [0.25, 0.3) is 0 Å². The fourth-order valence-corrected chi connectivity index (χ4v) is 2.96. The van der Waals surface area contributed by atoms with Gasteiger partial charge in [-0.2, -0.15) is 0 Å². The van der Waals surface area contributed by atoms with Gasteiger partial charge >= 0.3 is 0 Å². The monoisotopic (exact) mass is 302 g/mol. The molecule has 4 heteroatoms. The maximum Gasteiger partial charge on any atom is 0.229 e. The fraction of sp³-hybridized carbons (Fsp3) is 0.556. The molecule has 0 aromatic heterocycles. The van der Waals surface area contributed by atoms with Gasteiger partial charge < -0.3 is 10.2 Å². The summed E-state index contributed by atoms with van der Waals surface area (Å²) in [5, 5.41) is 3.07. The standard InChI is InChI=1S/C18H26N2O2/c1-13(21)20-11-7-8-14(12-20)17(22)19-16-10-6-5-9-15(16)18(2,3)4/h5-6,9-10,14H,7-8,11-12H2,1-4H3,(H,19,22). The first-order valence-corrected chi connectivity index (χ1v) is 7.95. The van der Waals surface area contributed by atoms with Gasteiger partial charge in [-0.25, -0.2) is 0 Å². The van der Waals surface area contributed by atoms with Crippen LogP contribution >= 0.6 is 0 Å². The van der Waals surface area contributed by atoms with Gasteiger partial charge in [-0.3, -0.25) is 9.59 Å². The van der Waals surface area contributed by atoms with Crippen LogP contribution in [0.5, 0.6) is 0 Å². The van der Waals surface area contributed by atoms with E-state index < -0.39 is 0 Å². The number of carbonyl (C=O) groups excluding carboxylic acids is 2. The van der Waals surface area contributed by atoms with Crippen molar-refractivity contribution in [1.82, 2.24) is 4.90 Å². The largest absolute Gasteiger partial charge is 0.342 e. The Morgan fingerprint density at radius 2 is 1.91 bits per heavy atom. The van der Waals surface area contributed by atoms with Crippen LogP contribution in [-0.4, -0.2) is 29.8 Å². The van der Waals surface area contributed by atoms with E-state index in [2.05, 4.69) is 32.2 Å². The third-order valence-electron chi connectivity index (χ3n) is 4.23. The Bertz CT molecular complexity index is 560. The lowest BCUT2D eigenvalue weighted by Crippen LogP contribution is -2.43. The van der Waals surface area contributed by atoms with Gasteiger partial charge in [0.1, 0.15) is 0 Å². The molecule has 120 valence electrons. The summed E-state index contributed by atoms with van der Waals surface area (Å²) in [5.41, 5.74) is 1.98. The molecule has 1 aromatic carbocycles. The number of amides is 2. The van der Waals surface area contributed by atoms with Crippen molar-refractivity contribution in [2.24, 2.45) is 5.92 Å². The molecule has 4 nitrogen and oxygen atoms in total. The molecule has 1 aliphatic heterocycles. The molecular formula is C18H26N2O2. The third kappa shape index (κ3) is 3.87.